The fourth-order valence-corrected chi connectivity index (χ4v) is 1.21. The first-order chi connectivity index (χ1) is 4.83. The van der Waals surface area contributed by atoms with Crippen LogP contribution in [0, 0.1) is 0 Å². The van der Waals surface area contributed by atoms with Crippen molar-refractivity contribution in [2.24, 2.45) is 5.73 Å². The molecule has 1 atom stereocenters. The van der Waals surface area contributed by atoms with Crippen LogP contribution in [0.15, 0.2) is 0 Å². The molecule has 1 aliphatic rings. The summed E-state index contributed by atoms with van der Waals surface area (Å²) >= 11 is 0. The molecule has 0 saturated carbocycles. The van der Waals surface area contributed by atoms with E-state index in [0.717, 1.165) is 32.4 Å². The van der Waals surface area contributed by atoms with Crippen molar-refractivity contribution in [1.29, 1.82) is 0 Å². The lowest BCUT2D eigenvalue weighted by atomic mass is 10.1. The molecule has 1 radical (unpaired) electrons. The lowest BCUT2D eigenvalue weighted by molar-refractivity contribution is 0.389. The van der Waals surface area contributed by atoms with Crippen molar-refractivity contribution in [2.75, 3.05) is 13.1 Å². The number of amides is 1. The van der Waals surface area contributed by atoms with Gasteiger partial charge in [-0.25, -0.2) is 0 Å². The highest BCUT2D eigenvalue weighted by Crippen LogP contribution is 2.06. The number of rotatable bonds is 1. The predicted octanol–water partition coefficient (Wildman–Crippen LogP) is -0.133. The Morgan fingerprint density at radius 1 is 1.40 bits per heavy atom. The Hall–Kier alpha value is -0.570. The van der Waals surface area contributed by atoms with Crippen LogP contribution in [0.3, 0.4) is 0 Å². The zero-order valence-corrected chi connectivity index (χ0v) is 6.05. The summed E-state index contributed by atoms with van der Waals surface area (Å²) in [5.41, 5.74) is 5.70. The van der Waals surface area contributed by atoms with E-state index in [4.69, 9.17) is 5.73 Å². The van der Waals surface area contributed by atoms with E-state index < -0.39 is 0 Å². The molecule has 0 aliphatic carbocycles. The number of carbonyl (C=O) groups excluding carboxylic acids is 1. The van der Waals surface area contributed by atoms with Crippen molar-refractivity contribution in [3.05, 3.63) is 0 Å². The van der Waals surface area contributed by atoms with Gasteiger partial charge in [0.25, 0.3) is 0 Å². The van der Waals surface area contributed by atoms with E-state index in [2.05, 4.69) is 0 Å². The number of nitrogens with zero attached hydrogens (tertiary/aromatic N) is 1. The Balaban J connectivity index is 2.32. The molecule has 1 aliphatic heterocycles. The van der Waals surface area contributed by atoms with E-state index in [0.29, 0.717) is 6.04 Å². The SMILES string of the molecule is NC1CCCN([C]=O)CC1. The normalized spacial score (nSPS) is 27.7. The maximum atomic E-state index is 10.2. The summed E-state index contributed by atoms with van der Waals surface area (Å²) in [4.78, 5) is 11.9. The molecule has 1 unspecified atom stereocenters. The largest absolute Gasteiger partial charge is 0.334 e. The highest BCUT2D eigenvalue weighted by molar-refractivity contribution is 5.47. The number of hydrogen-bond acceptors (Lipinski definition) is 2. The van der Waals surface area contributed by atoms with Crippen molar-refractivity contribution in [3.8, 4) is 0 Å². The van der Waals surface area contributed by atoms with Gasteiger partial charge >= 0.3 is 6.41 Å². The molecule has 0 spiro atoms. The minimum Gasteiger partial charge on any atom is -0.334 e. The number of likely N-dealkylation sites (tertiary alicyclic amines) is 1. The average Bonchev–Trinajstić information content (AvgIpc) is 2.14. The first-order valence-corrected chi connectivity index (χ1v) is 3.71. The molecule has 1 heterocycles. The molecule has 1 amide bonds. The van der Waals surface area contributed by atoms with E-state index in [1.165, 1.54) is 0 Å². The van der Waals surface area contributed by atoms with E-state index >= 15 is 0 Å². The Morgan fingerprint density at radius 3 is 2.90 bits per heavy atom. The van der Waals surface area contributed by atoms with Crippen molar-refractivity contribution in [3.63, 3.8) is 0 Å². The molecule has 0 aromatic rings. The molecule has 0 aromatic heterocycles. The Morgan fingerprint density at radius 2 is 2.20 bits per heavy atom. The van der Waals surface area contributed by atoms with E-state index in [1.54, 1.807) is 4.90 Å². The van der Waals surface area contributed by atoms with E-state index in [-0.39, 0.29) is 0 Å². The zero-order valence-electron chi connectivity index (χ0n) is 6.05. The van der Waals surface area contributed by atoms with Gasteiger partial charge in [-0.15, -0.1) is 0 Å². The van der Waals surface area contributed by atoms with E-state index in [1.807, 2.05) is 6.41 Å². The average molecular weight is 141 g/mol. The highest BCUT2D eigenvalue weighted by atomic mass is 16.1. The van der Waals surface area contributed by atoms with Gasteiger partial charge in [0.2, 0.25) is 0 Å². The molecule has 0 aromatic carbocycles. The van der Waals surface area contributed by atoms with Crippen LogP contribution >= 0.6 is 0 Å². The quantitative estimate of drug-likeness (QED) is 0.552. The van der Waals surface area contributed by atoms with Gasteiger partial charge in [0, 0.05) is 19.1 Å². The molecule has 3 nitrogen and oxygen atoms in total. The Labute approximate surface area is 61.2 Å². The third-order valence-electron chi connectivity index (χ3n) is 1.90. The van der Waals surface area contributed by atoms with Crippen molar-refractivity contribution in [2.45, 2.75) is 25.3 Å². The molecular formula is C7H13N2O. The topological polar surface area (TPSA) is 46.3 Å². The van der Waals surface area contributed by atoms with Crippen molar-refractivity contribution < 1.29 is 4.79 Å². The van der Waals surface area contributed by atoms with Crippen LogP contribution in [0.1, 0.15) is 19.3 Å². The summed E-state index contributed by atoms with van der Waals surface area (Å²) in [5.74, 6) is 0. The Kier molecular flexibility index (Phi) is 2.68. The van der Waals surface area contributed by atoms with Gasteiger partial charge in [-0.1, -0.05) is 0 Å². The van der Waals surface area contributed by atoms with Crippen LogP contribution in [-0.2, 0) is 4.79 Å². The minimum atomic E-state index is 0.290. The lowest BCUT2D eigenvalue weighted by Crippen LogP contribution is -2.25. The number of nitrogens with two attached hydrogens (primary N) is 1. The van der Waals surface area contributed by atoms with Crippen molar-refractivity contribution >= 4 is 6.41 Å². The van der Waals surface area contributed by atoms with Crippen LogP contribution in [0.25, 0.3) is 0 Å². The minimum absolute atomic E-state index is 0.290. The first-order valence-electron chi connectivity index (χ1n) is 3.71. The van der Waals surface area contributed by atoms with Crippen LogP contribution in [0.2, 0.25) is 0 Å². The summed E-state index contributed by atoms with van der Waals surface area (Å²) in [7, 11) is 0. The maximum absolute atomic E-state index is 10.2. The van der Waals surface area contributed by atoms with Gasteiger partial charge in [0.05, 0.1) is 0 Å². The standard InChI is InChI=1S/C7H13N2O/c8-7-2-1-4-9(6-10)5-3-7/h7H,1-5,8H2. The van der Waals surface area contributed by atoms with Crippen LogP contribution in [0.5, 0.6) is 0 Å². The molecule has 57 valence electrons. The van der Waals surface area contributed by atoms with Gasteiger partial charge in [-0.2, -0.15) is 0 Å². The molecule has 2 N–H and O–H groups in total. The molecule has 0 bridgehead atoms. The molecule has 1 rings (SSSR count). The zero-order chi connectivity index (χ0) is 7.40. The lowest BCUT2D eigenvalue weighted by Gasteiger charge is -2.11. The maximum Gasteiger partial charge on any atom is 0.312 e. The molecule has 1 saturated heterocycles. The van der Waals surface area contributed by atoms with Gasteiger partial charge in [-0.05, 0) is 19.3 Å². The second kappa shape index (κ2) is 3.56. The van der Waals surface area contributed by atoms with Crippen LogP contribution in [-0.4, -0.2) is 30.4 Å². The fourth-order valence-electron chi connectivity index (χ4n) is 1.21. The van der Waals surface area contributed by atoms with Gasteiger partial charge in [0.15, 0.2) is 0 Å². The summed E-state index contributed by atoms with van der Waals surface area (Å²) in [6.07, 6.45) is 4.88. The van der Waals surface area contributed by atoms with Crippen molar-refractivity contribution in [1.82, 2.24) is 4.90 Å². The fraction of sp³-hybridized carbons (Fsp3) is 0.857. The summed E-state index contributed by atoms with van der Waals surface area (Å²) in [6.45, 7) is 1.61. The van der Waals surface area contributed by atoms with E-state index in [9.17, 15) is 4.79 Å². The second-order valence-corrected chi connectivity index (χ2v) is 2.77. The predicted molar refractivity (Wildman–Crippen MR) is 39.1 cm³/mol. The molecule has 1 fully saturated rings. The monoisotopic (exact) mass is 141 g/mol. The third kappa shape index (κ3) is 1.99. The summed E-state index contributed by atoms with van der Waals surface area (Å²) in [6, 6.07) is 0.290. The smallest absolute Gasteiger partial charge is 0.312 e. The molecule has 3 heteroatoms. The number of hydrogen-bond donors (Lipinski definition) is 1. The van der Waals surface area contributed by atoms with Gasteiger partial charge in [0.1, 0.15) is 0 Å². The Bertz CT molecular complexity index is 116. The highest BCUT2D eigenvalue weighted by Gasteiger charge is 2.11. The summed E-state index contributed by atoms with van der Waals surface area (Å²) in [5, 5.41) is 0. The third-order valence-corrected chi connectivity index (χ3v) is 1.90. The molecule has 10 heavy (non-hydrogen) atoms. The van der Waals surface area contributed by atoms with Gasteiger partial charge < -0.3 is 10.6 Å². The summed E-state index contributed by atoms with van der Waals surface area (Å²) < 4.78 is 0. The van der Waals surface area contributed by atoms with Gasteiger partial charge in [-0.3, -0.25) is 4.79 Å². The molecular weight excluding hydrogens is 128 g/mol. The first kappa shape index (κ1) is 7.54. The second-order valence-electron chi connectivity index (χ2n) is 2.77. The van der Waals surface area contributed by atoms with Crippen LogP contribution < -0.4 is 5.73 Å². The van der Waals surface area contributed by atoms with Crippen LogP contribution in [0.4, 0.5) is 0 Å².